The standard InChI is InChI=1S/C24H25NO4/c1-4-27-22-15-8-18(16-23(22)28-5-2)24(26)25-19-9-13-21(14-10-19)29-20-11-6-17(3)7-12-20/h6-16H,4-5H2,1-3H3,(H,25,26). The maximum absolute atomic E-state index is 12.6. The molecule has 0 saturated heterocycles. The first-order valence-electron chi connectivity index (χ1n) is 9.64. The van der Waals surface area contributed by atoms with Gasteiger partial charge in [0.05, 0.1) is 13.2 Å². The van der Waals surface area contributed by atoms with E-state index >= 15 is 0 Å². The topological polar surface area (TPSA) is 56.8 Å². The van der Waals surface area contributed by atoms with Crippen molar-refractivity contribution < 1.29 is 19.0 Å². The second kappa shape index (κ2) is 9.64. The van der Waals surface area contributed by atoms with Crippen LogP contribution in [0.3, 0.4) is 0 Å². The molecule has 0 saturated carbocycles. The number of ether oxygens (including phenoxy) is 3. The van der Waals surface area contributed by atoms with Crippen LogP contribution in [0.5, 0.6) is 23.0 Å². The van der Waals surface area contributed by atoms with Gasteiger partial charge in [0.1, 0.15) is 11.5 Å². The third-order valence-corrected chi connectivity index (χ3v) is 4.17. The monoisotopic (exact) mass is 391 g/mol. The third kappa shape index (κ3) is 5.51. The summed E-state index contributed by atoms with van der Waals surface area (Å²) in [4.78, 5) is 12.6. The Morgan fingerprint density at radius 3 is 2.00 bits per heavy atom. The Morgan fingerprint density at radius 2 is 1.38 bits per heavy atom. The quantitative estimate of drug-likeness (QED) is 0.524. The Balaban J connectivity index is 1.67. The molecule has 0 aromatic heterocycles. The van der Waals surface area contributed by atoms with Crippen molar-refractivity contribution in [1.82, 2.24) is 0 Å². The van der Waals surface area contributed by atoms with Crippen molar-refractivity contribution in [2.24, 2.45) is 0 Å². The summed E-state index contributed by atoms with van der Waals surface area (Å²) in [5.41, 5.74) is 2.35. The maximum Gasteiger partial charge on any atom is 0.255 e. The average Bonchev–Trinajstić information content (AvgIpc) is 2.73. The van der Waals surface area contributed by atoms with Gasteiger partial charge in [-0.25, -0.2) is 0 Å². The number of anilines is 1. The first-order valence-corrected chi connectivity index (χ1v) is 9.64. The summed E-state index contributed by atoms with van der Waals surface area (Å²) in [5, 5.41) is 2.89. The minimum Gasteiger partial charge on any atom is -0.490 e. The van der Waals surface area contributed by atoms with Gasteiger partial charge in [0.15, 0.2) is 11.5 Å². The molecule has 3 rings (SSSR count). The molecule has 0 bridgehead atoms. The van der Waals surface area contributed by atoms with Crippen LogP contribution in [0.15, 0.2) is 66.7 Å². The molecule has 0 aliphatic rings. The molecule has 3 aromatic carbocycles. The van der Waals surface area contributed by atoms with Gasteiger partial charge in [0, 0.05) is 11.3 Å². The van der Waals surface area contributed by atoms with E-state index in [1.54, 1.807) is 30.3 Å². The normalized spacial score (nSPS) is 10.3. The van der Waals surface area contributed by atoms with Crippen molar-refractivity contribution in [1.29, 1.82) is 0 Å². The van der Waals surface area contributed by atoms with E-state index in [1.807, 2.05) is 57.2 Å². The van der Waals surface area contributed by atoms with Gasteiger partial charge in [-0.1, -0.05) is 17.7 Å². The van der Waals surface area contributed by atoms with E-state index in [0.29, 0.717) is 41.7 Å². The number of hydrogen-bond acceptors (Lipinski definition) is 4. The lowest BCUT2D eigenvalue weighted by Crippen LogP contribution is -2.12. The van der Waals surface area contributed by atoms with Gasteiger partial charge in [0.2, 0.25) is 0 Å². The lowest BCUT2D eigenvalue weighted by Gasteiger charge is -2.13. The number of amides is 1. The van der Waals surface area contributed by atoms with Crippen LogP contribution in [0, 0.1) is 6.92 Å². The smallest absolute Gasteiger partial charge is 0.255 e. The van der Waals surface area contributed by atoms with Crippen LogP contribution in [0.25, 0.3) is 0 Å². The van der Waals surface area contributed by atoms with Gasteiger partial charge in [-0.3, -0.25) is 4.79 Å². The first kappa shape index (κ1) is 20.3. The second-order valence-electron chi connectivity index (χ2n) is 6.42. The van der Waals surface area contributed by atoms with Crippen LogP contribution in [0.2, 0.25) is 0 Å². The fourth-order valence-electron chi connectivity index (χ4n) is 2.74. The van der Waals surface area contributed by atoms with Gasteiger partial charge in [0.25, 0.3) is 5.91 Å². The molecule has 5 heteroatoms. The van der Waals surface area contributed by atoms with Crippen molar-refractivity contribution in [3.63, 3.8) is 0 Å². The number of carbonyl (C=O) groups excluding carboxylic acids is 1. The SMILES string of the molecule is CCOc1ccc(C(=O)Nc2ccc(Oc3ccc(C)cc3)cc2)cc1OCC. The minimum absolute atomic E-state index is 0.221. The van der Waals surface area contributed by atoms with E-state index in [2.05, 4.69) is 5.32 Å². The molecule has 3 aromatic rings. The predicted molar refractivity (Wildman–Crippen MR) is 114 cm³/mol. The van der Waals surface area contributed by atoms with Crippen LogP contribution in [0.1, 0.15) is 29.8 Å². The summed E-state index contributed by atoms with van der Waals surface area (Å²) >= 11 is 0. The first-order chi connectivity index (χ1) is 14.1. The maximum atomic E-state index is 12.6. The molecule has 29 heavy (non-hydrogen) atoms. The molecule has 5 nitrogen and oxygen atoms in total. The molecule has 0 atom stereocenters. The Kier molecular flexibility index (Phi) is 6.74. The molecule has 0 unspecified atom stereocenters. The number of aryl methyl sites for hydroxylation is 1. The lowest BCUT2D eigenvalue weighted by atomic mass is 10.1. The summed E-state index contributed by atoms with van der Waals surface area (Å²) in [6.07, 6.45) is 0. The Bertz CT molecular complexity index is 950. The summed E-state index contributed by atoms with van der Waals surface area (Å²) in [6.45, 7) is 6.85. The number of carbonyl (C=O) groups is 1. The van der Waals surface area contributed by atoms with Crippen LogP contribution in [0.4, 0.5) is 5.69 Å². The fourth-order valence-corrected chi connectivity index (χ4v) is 2.74. The highest BCUT2D eigenvalue weighted by Gasteiger charge is 2.12. The van der Waals surface area contributed by atoms with Crippen LogP contribution in [-0.2, 0) is 0 Å². The van der Waals surface area contributed by atoms with E-state index in [4.69, 9.17) is 14.2 Å². The largest absolute Gasteiger partial charge is 0.490 e. The van der Waals surface area contributed by atoms with Crippen LogP contribution in [-0.4, -0.2) is 19.1 Å². The highest BCUT2D eigenvalue weighted by atomic mass is 16.5. The number of rotatable bonds is 8. The van der Waals surface area contributed by atoms with Gasteiger partial charge in [-0.2, -0.15) is 0 Å². The van der Waals surface area contributed by atoms with E-state index in [-0.39, 0.29) is 5.91 Å². The zero-order chi connectivity index (χ0) is 20.6. The van der Waals surface area contributed by atoms with E-state index in [0.717, 1.165) is 5.75 Å². The minimum atomic E-state index is -0.221. The van der Waals surface area contributed by atoms with E-state index < -0.39 is 0 Å². The molecule has 1 N–H and O–H groups in total. The van der Waals surface area contributed by atoms with Crippen molar-refractivity contribution in [2.75, 3.05) is 18.5 Å². The Labute approximate surface area is 171 Å². The summed E-state index contributed by atoms with van der Waals surface area (Å²) < 4.78 is 16.9. The molecule has 0 aliphatic heterocycles. The number of hydrogen-bond donors (Lipinski definition) is 1. The van der Waals surface area contributed by atoms with Gasteiger partial charge >= 0.3 is 0 Å². The summed E-state index contributed by atoms with van der Waals surface area (Å²) in [5.74, 6) is 2.44. The molecule has 0 fully saturated rings. The zero-order valence-corrected chi connectivity index (χ0v) is 16.9. The fraction of sp³-hybridized carbons (Fsp3) is 0.208. The summed E-state index contributed by atoms with van der Waals surface area (Å²) in [6, 6.07) is 20.3. The second-order valence-corrected chi connectivity index (χ2v) is 6.42. The average molecular weight is 391 g/mol. The van der Waals surface area contributed by atoms with E-state index in [9.17, 15) is 4.79 Å². The third-order valence-electron chi connectivity index (χ3n) is 4.17. The van der Waals surface area contributed by atoms with Crippen molar-refractivity contribution in [2.45, 2.75) is 20.8 Å². The van der Waals surface area contributed by atoms with Gasteiger partial charge < -0.3 is 19.5 Å². The van der Waals surface area contributed by atoms with Gasteiger partial charge in [-0.15, -0.1) is 0 Å². The molecule has 1 amide bonds. The molecule has 150 valence electrons. The number of nitrogens with one attached hydrogen (secondary N) is 1. The van der Waals surface area contributed by atoms with Gasteiger partial charge in [-0.05, 0) is 75.4 Å². The van der Waals surface area contributed by atoms with Crippen LogP contribution >= 0.6 is 0 Å². The lowest BCUT2D eigenvalue weighted by molar-refractivity contribution is 0.102. The van der Waals surface area contributed by atoms with Crippen molar-refractivity contribution >= 4 is 11.6 Å². The Morgan fingerprint density at radius 1 is 0.793 bits per heavy atom. The molecule has 0 radical (unpaired) electrons. The highest BCUT2D eigenvalue weighted by molar-refractivity contribution is 6.04. The zero-order valence-electron chi connectivity index (χ0n) is 16.9. The van der Waals surface area contributed by atoms with Crippen molar-refractivity contribution in [3.05, 3.63) is 77.9 Å². The number of benzene rings is 3. The Hall–Kier alpha value is -3.47. The molecular formula is C24H25NO4. The van der Waals surface area contributed by atoms with Crippen molar-refractivity contribution in [3.8, 4) is 23.0 Å². The van der Waals surface area contributed by atoms with Crippen LogP contribution < -0.4 is 19.5 Å². The molecular weight excluding hydrogens is 366 g/mol. The highest BCUT2D eigenvalue weighted by Crippen LogP contribution is 2.29. The summed E-state index contributed by atoms with van der Waals surface area (Å²) in [7, 11) is 0. The molecule has 0 spiro atoms. The predicted octanol–water partition coefficient (Wildman–Crippen LogP) is 5.84. The van der Waals surface area contributed by atoms with E-state index in [1.165, 1.54) is 5.56 Å². The molecule has 0 aliphatic carbocycles. The molecule has 0 heterocycles.